The zero-order valence-corrected chi connectivity index (χ0v) is 9.65. The van der Waals surface area contributed by atoms with E-state index in [-0.39, 0.29) is 31.4 Å². The third-order valence-corrected chi connectivity index (χ3v) is 2.74. The maximum atomic E-state index is 11.5. The molecule has 1 saturated heterocycles. The van der Waals surface area contributed by atoms with Gasteiger partial charge in [-0.2, -0.15) is 0 Å². The molecule has 92 valence electrons. The van der Waals surface area contributed by atoms with Crippen LogP contribution < -0.4 is 0 Å². The molecule has 1 rings (SSSR count). The van der Waals surface area contributed by atoms with E-state index in [9.17, 15) is 9.59 Å². The quantitative estimate of drug-likeness (QED) is 0.511. The lowest BCUT2D eigenvalue weighted by Gasteiger charge is -2.21. The number of likely N-dealkylation sites (tertiary alicyclic amines) is 1. The molecule has 0 aromatic rings. The summed E-state index contributed by atoms with van der Waals surface area (Å²) in [6.45, 7) is 3.15. The van der Waals surface area contributed by atoms with Gasteiger partial charge in [0.1, 0.15) is 6.42 Å². The first-order valence-electron chi connectivity index (χ1n) is 5.69. The van der Waals surface area contributed by atoms with Crippen LogP contribution in [0.1, 0.15) is 26.2 Å². The molecule has 1 N–H and O–H groups in total. The number of carbonyl (C=O) groups is 2. The van der Waals surface area contributed by atoms with Crippen LogP contribution in [0.3, 0.4) is 0 Å². The predicted octanol–water partition coefficient (Wildman–Crippen LogP) is -0.0346. The number of ether oxygens (including phenoxy) is 1. The third-order valence-electron chi connectivity index (χ3n) is 2.74. The van der Waals surface area contributed by atoms with Crippen LogP contribution in [0.15, 0.2) is 0 Å². The monoisotopic (exact) mass is 229 g/mol. The minimum atomic E-state index is -0.466. The summed E-state index contributed by atoms with van der Waals surface area (Å²) in [5.41, 5.74) is 0. The molecule has 1 aliphatic heterocycles. The first-order chi connectivity index (χ1) is 7.67. The predicted molar refractivity (Wildman–Crippen MR) is 57.9 cm³/mol. The Kier molecular flexibility index (Phi) is 5.42. The number of carbonyl (C=O) groups excluding carboxylic acids is 2. The number of hydrogen-bond acceptors (Lipinski definition) is 5. The van der Waals surface area contributed by atoms with E-state index in [0.29, 0.717) is 6.61 Å². The van der Waals surface area contributed by atoms with E-state index in [4.69, 9.17) is 9.84 Å². The summed E-state index contributed by atoms with van der Waals surface area (Å²) in [5, 5.41) is 9.07. The highest BCUT2D eigenvalue weighted by Gasteiger charge is 2.26. The molecule has 0 radical (unpaired) electrons. The van der Waals surface area contributed by atoms with E-state index >= 15 is 0 Å². The van der Waals surface area contributed by atoms with Crippen molar-refractivity contribution in [3.8, 4) is 0 Å². The number of rotatable bonds is 6. The molecule has 5 nitrogen and oxygen atoms in total. The van der Waals surface area contributed by atoms with Gasteiger partial charge in [0.05, 0.1) is 19.8 Å². The molecule has 1 unspecified atom stereocenters. The van der Waals surface area contributed by atoms with Crippen molar-refractivity contribution in [2.75, 3.05) is 26.3 Å². The molecule has 5 heteroatoms. The van der Waals surface area contributed by atoms with E-state index < -0.39 is 5.97 Å². The van der Waals surface area contributed by atoms with Crippen molar-refractivity contribution >= 4 is 11.8 Å². The molecule has 0 aromatic heterocycles. The number of Topliss-reactive ketones (excluding diaryl/α,β-unsaturated/α-hetero) is 1. The average Bonchev–Trinajstić information content (AvgIpc) is 2.65. The molecule has 1 heterocycles. The summed E-state index contributed by atoms with van der Waals surface area (Å²) in [6.07, 6.45) is 1.75. The normalized spacial score (nSPS) is 21.0. The summed E-state index contributed by atoms with van der Waals surface area (Å²) in [7, 11) is 0. The van der Waals surface area contributed by atoms with Crippen molar-refractivity contribution in [1.29, 1.82) is 0 Å². The minimum absolute atomic E-state index is 0.0751. The zero-order valence-electron chi connectivity index (χ0n) is 9.65. The van der Waals surface area contributed by atoms with Gasteiger partial charge in [-0.25, -0.2) is 0 Å². The minimum Gasteiger partial charge on any atom is -0.466 e. The van der Waals surface area contributed by atoms with E-state index in [1.807, 2.05) is 4.90 Å². The van der Waals surface area contributed by atoms with Crippen molar-refractivity contribution in [2.24, 2.45) is 0 Å². The van der Waals surface area contributed by atoms with Crippen LogP contribution in [0.5, 0.6) is 0 Å². The summed E-state index contributed by atoms with van der Waals surface area (Å²) >= 11 is 0. The standard InChI is InChI=1S/C11H19NO4/c1-2-16-11(15)6-10(14)7-12-5-3-4-9(12)8-13/h9,13H,2-8H2,1H3. The molecule has 0 aliphatic carbocycles. The van der Waals surface area contributed by atoms with Crippen molar-refractivity contribution in [1.82, 2.24) is 4.90 Å². The van der Waals surface area contributed by atoms with Gasteiger partial charge in [0.2, 0.25) is 0 Å². The fourth-order valence-corrected chi connectivity index (χ4v) is 1.97. The molecule has 0 saturated carbocycles. The Morgan fingerprint density at radius 1 is 1.50 bits per heavy atom. The highest BCUT2D eigenvalue weighted by molar-refractivity contribution is 5.96. The number of ketones is 1. The zero-order chi connectivity index (χ0) is 12.0. The third kappa shape index (κ3) is 3.90. The van der Waals surface area contributed by atoms with Gasteiger partial charge in [-0.3, -0.25) is 14.5 Å². The molecule has 0 amide bonds. The summed E-state index contributed by atoms with van der Waals surface area (Å²) in [4.78, 5) is 24.5. The highest BCUT2D eigenvalue weighted by atomic mass is 16.5. The van der Waals surface area contributed by atoms with Gasteiger partial charge in [0.25, 0.3) is 0 Å². The van der Waals surface area contributed by atoms with Crippen molar-refractivity contribution in [3.05, 3.63) is 0 Å². The largest absolute Gasteiger partial charge is 0.466 e. The van der Waals surface area contributed by atoms with Gasteiger partial charge in [0, 0.05) is 6.04 Å². The average molecular weight is 229 g/mol. The fourth-order valence-electron chi connectivity index (χ4n) is 1.97. The maximum Gasteiger partial charge on any atom is 0.313 e. The molecule has 1 atom stereocenters. The molecule has 0 bridgehead atoms. The molecular weight excluding hydrogens is 210 g/mol. The second-order valence-electron chi connectivity index (χ2n) is 3.97. The molecule has 16 heavy (non-hydrogen) atoms. The Balaban J connectivity index is 2.30. The van der Waals surface area contributed by atoms with Crippen molar-refractivity contribution in [2.45, 2.75) is 32.2 Å². The van der Waals surface area contributed by atoms with Gasteiger partial charge in [-0.1, -0.05) is 0 Å². The summed E-state index contributed by atoms with van der Waals surface area (Å²) < 4.78 is 4.70. The Bertz CT molecular complexity index is 254. The number of aliphatic hydroxyl groups excluding tert-OH is 1. The van der Waals surface area contributed by atoms with Crippen LogP contribution in [0.2, 0.25) is 0 Å². The number of aliphatic hydroxyl groups is 1. The number of nitrogens with zero attached hydrogens (tertiary/aromatic N) is 1. The molecule has 0 aromatic carbocycles. The lowest BCUT2D eigenvalue weighted by atomic mass is 10.2. The Morgan fingerprint density at radius 3 is 2.88 bits per heavy atom. The Morgan fingerprint density at radius 2 is 2.25 bits per heavy atom. The van der Waals surface area contributed by atoms with Gasteiger partial charge < -0.3 is 9.84 Å². The van der Waals surface area contributed by atoms with E-state index in [1.165, 1.54) is 0 Å². The van der Waals surface area contributed by atoms with Crippen LogP contribution in [0.25, 0.3) is 0 Å². The fraction of sp³-hybridized carbons (Fsp3) is 0.818. The van der Waals surface area contributed by atoms with Gasteiger partial charge >= 0.3 is 5.97 Å². The van der Waals surface area contributed by atoms with Gasteiger partial charge in [0.15, 0.2) is 5.78 Å². The van der Waals surface area contributed by atoms with Gasteiger partial charge in [-0.15, -0.1) is 0 Å². The van der Waals surface area contributed by atoms with Crippen LogP contribution in [-0.2, 0) is 14.3 Å². The summed E-state index contributed by atoms with van der Waals surface area (Å²) in [6, 6.07) is 0.0751. The van der Waals surface area contributed by atoms with E-state index in [2.05, 4.69) is 0 Å². The van der Waals surface area contributed by atoms with Gasteiger partial charge in [-0.05, 0) is 26.3 Å². The van der Waals surface area contributed by atoms with Crippen LogP contribution in [0, 0.1) is 0 Å². The molecular formula is C11H19NO4. The molecule has 0 spiro atoms. The second-order valence-corrected chi connectivity index (χ2v) is 3.97. The topological polar surface area (TPSA) is 66.8 Å². The van der Waals surface area contributed by atoms with Crippen LogP contribution in [-0.4, -0.2) is 54.1 Å². The van der Waals surface area contributed by atoms with E-state index in [1.54, 1.807) is 6.92 Å². The number of esters is 1. The second kappa shape index (κ2) is 6.60. The Labute approximate surface area is 95.4 Å². The lowest BCUT2D eigenvalue weighted by molar-refractivity contribution is -0.145. The SMILES string of the molecule is CCOC(=O)CC(=O)CN1CCCC1CO. The lowest BCUT2D eigenvalue weighted by Crippen LogP contribution is -2.37. The Hall–Kier alpha value is -0.940. The molecule has 1 aliphatic rings. The first kappa shape index (κ1) is 13.1. The highest BCUT2D eigenvalue weighted by Crippen LogP contribution is 2.16. The maximum absolute atomic E-state index is 11.5. The van der Waals surface area contributed by atoms with Crippen molar-refractivity contribution in [3.63, 3.8) is 0 Å². The molecule has 1 fully saturated rings. The number of hydrogen-bond donors (Lipinski definition) is 1. The summed E-state index contributed by atoms with van der Waals surface area (Å²) in [5.74, 6) is -0.606. The van der Waals surface area contributed by atoms with Crippen LogP contribution >= 0.6 is 0 Å². The van der Waals surface area contributed by atoms with Crippen molar-refractivity contribution < 1.29 is 19.4 Å². The smallest absolute Gasteiger partial charge is 0.313 e. The first-order valence-corrected chi connectivity index (χ1v) is 5.69. The van der Waals surface area contributed by atoms with Crippen LogP contribution in [0.4, 0.5) is 0 Å². The van der Waals surface area contributed by atoms with E-state index in [0.717, 1.165) is 19.4 Å².